The zero-order valence-electron chi connectivity index (χ0n) is 8.98. The molecule has 0 spiro atoms. The van der Waals surface area contributed by atoms with Gasteiger partial charge in [0.15, 0.2) is 0 Å². The third kappa shape index (κ3) is 3.20. The molecule has 2 aromatic carbocycles. The van der Waals surface area contributed by atoms with Crippen LogP contribution in [0.4, 0.5) is 11.4 Å². The lowest BCUT2D eigenvalue weighted by Gasteiger charge is -2.05. The number of anilines is 2. The molecule has 0 aliphatic heterocycles. The molecule has 0 unspecified atom stereocenters. The summed E-state index contributed by atoms with van der Waals surface area (Å²) < 4.78 is 1.13. The molecular formula is C13H11IN2O. The summed E-state index contributed by atoms with van der Waals surface area (Å²) in [6, 6.07) is 14.5. The van der Waals surface area contributed by atoms with Gasteiger partial charge >= 0.3 is 0 Å². The fourth-order valence-electron chi connectivity index (χ4n) is 1.37. The van der Waals surface area contributed by atoms with Crippen LogP contribution in [0.5, 0.6) is 0 Å². The molecule has 0 bridgehead atoms. The number of nitrogens with one attached hydrogen (secondary N) is 1. The van der Waals surface area contributed by atoms with Gasteiger partial charge in [0.25, 0.3) is 5.91 Å². The maximum Gasteiger partial charge on any atom is 0.255 e. The van der Waals surface area contributed by atoms with Gasteiger partial charge in [0, 0.05) is 20.5 Å². The highest BCUT2D eigenvalue weighted by atomic mass is 127. The molecular weight excluding hydrogens is 327 g/mol. The smallest absolute Gasteiger partial charge is 0.255 e. The van der Waals surface area contributed by atoms with Crippen LogP contribution in [-0.4, -0.2) is 5.91 Å². The van der Waals surface area contributed by atoms with Gasteiger partial charge in [0.2, 0.25) is 0 Å². The van der Waals surface area contributed by atoms with Gasteiger partial charge in [-0.05, 0) is 71.1 Å². The number of amides is 1. The molecule has 0 radical (unpaired) electrons. The molecule has 3 nitrogen and oxygen atoms in total. The predicted molar refractivity (Wildman–Crippen MR) is 78.0 cm³/mol. The monoisotopic (exact) mass is 338 g/mol. The third-order valence-electron chi connectivity index (χ3n) is 2.27. The molecule has 0 aliphatic carbocycles. The summed E-state index contributed by atoms with van der Waals surface area (Å²) in [5.41, 5.74) is 7.59. The van der Waals surface area contributed by atoms with E-state index in [1.807, 2.05) is 24.3 Å². The van der Waals surface area contributed by atoms with E-state index < -0.39 is 0 Å². The lowest BCUT2D eigenvalue weighted by atomic mass is 10.2. The number of benzene rings is 2. The van der Waals surface area contributed by atoms with Gasteiger partial charge in [-0.2, -0.15) is 0 Å². The number of hydrogen-bond acceptors (Lipinski definition) is 2. The second kappa shape index (κ2) is 5.18. The summed E-state index contributed by atoms with van der Waals surface area (Å²) in [5, 5.41) is 2.82. The maximum absolute atomic E-state index is 11.9. The van der Waals surface area contributed by atoms with Crippen LogP contribution in [0.15, 0.2) is 48.5 Å². The first-order valence-corrected chi connectivity index (χ1v) is 6.15. The fourth-order valence-corrected chi connectivity index (χ4v) is 1.73. The molecule has 0 atom stereocenters. The number of rotatable bonds is 2. The zero-order valence-corrected chi connectivity index (χ0v) is 11.1. The predicted octanol–water partition coefficient (Wildman–Crippen LogP) is 3.13. The molecule has 1 amide bonds. The Kier molecular flexibility index (Phi) is 3.63. The number of halogens is 1. The summed E-state index contributed by atoms with van der Waals surface area (Å²) >= 11 is 2.22. The van der Waals surface area contributed by atoms with Gasteiger partial charge in [-0.3, -0.25) is 4.79 Å². The molecule has 3 N–H and O–H groups in total. The highest BCUT2D eigenvalue weighted by Crippen LogP contribution is 2.13. The largest absolute Gasteiger partial charge is 0.399 e. The molecule has 0 aromatic heterocycles. The van der Waals surface area contributed by atoms with Crippen molar-refractivity contribution in [3.8, 4) is 0 Å². The van der Waals surface area contributed by atoms with E-state index in [0.29, 0.717) is 11.3 Å². The molecule has 0 fully saturated rings. The van der Waals surface area contributed by atoms with Crippen LogP contribution in [0.2, 0.25) is 0 Å². The van der Waals surface area contributed by atoms with E-state index in [0.717, 1.165) is 9.26 Å². The zero-order chi connectivity index (χ0) is 12.3. The minimum atomic E-state index is -0.133. The van der Waals surface area contributed by atoms with Crippen LogP contribution < -0.4 is 11.1 Å². The summed E-state index contributed by atoms with van der Waals surface area (Å²) in [5.74, 6) is -0.133. The molecule has 2 rings (SSSR count). The van der Waals surface area contributed by atoms with Crippen LogP contribution in [0.1, 0.15) is 10.4 Å². The van der Waals surface area contributed by atoms with Crippen LogP contribution >= 0.6 is 22.6 Å². The van der Waals surface area contributed by atoms with Crippen molar-refractivity contribution in [1.82, 2.24) is 0 Å². The van der Waals surface area contributed by atoms with Crippen molar-refractivity contribution in [2.24, 2.45) is 0 Å². The fraction of sp³-hybridized carbons (Fsp3) is 0. The second-order valence-electron chi connectivity index (χ2n) is 3.58. The first-order valence-electron chi connectivity index (χ1n) is 5.07. The van der Waals surface area contributed by atoms with E-state index >= 15 is 0 Å². The number of nitrogen functional groups attached to an aromatic ring is 1. The van der Waals surface area contributed by atoms with Gasteiger partial charge in [-0.1, -0.05) is 0 Å². The van der Waals surface area contributed by atoms with Crippen molar-refractivity contribution in [2.75, 3.05) is 11.1 Å². The van der Waals surface area contributed by atoms with Crippen molar-refractivity contribution in [3.63, 3.8) is 0 Å². The molecule has 17 heavy (non-hydrogen) atoms. The Morgan fingerprint density at radius 1 is 1.00 bits per heavy atom. The van der Waals surface area contributed by atoms with Gasteiger partial charge in [0.1, 0.15) is 0 Å². The Morgan fingerprint density at radius 2 is 1.59 bits per heavy atom. The Bertz CT molecular complexity index is 520. The van der Waals surface area contributed by atoms with Gasteiger partial charge in [0.05, 0.1) is 0 Å². The van der Waals surface area contributed by atoms with Crippen LogP contribution in [0, 0.1) is 3.57 Å². The average Bonchev–Trinajstić information content (AvgIpc) is 2.33. The molecule has 0 saturated heterocycles. The van der Waals surface area contributed by atoms with Gasteiger partial charge < -0.3 is 11.1 Å². The average molecular weight is 338 g/mol. The quantitative estimate of drug-likeness (QED) is 0.653. The number of hydrogen-bond donors (Lipinski definition) is 2. The van der Waals surface area contributed by atoms with E-state index in [1.165, 1.54) is 0 Å². The molecule has 0 heterocycles. The number of nitrogens with two attached hydrogens (primary N) is 1. The summed E-state index contributed by atoms with van der Waals surface area (Å²) in [6.45, 7) is 0. The van der Waals surface area contributed by atoms with Crippen molar-refractivity contribution in [3.05, 3.63) is 57.7 Å². The Morgan fingerprint density at radius 3 is 2.18 bits per heavy atom. The molecule has 86 valence electrons. The summed E-state index contributed by atoms with van der Waals surface area (Å²) in [4.78, 5) is 11.9. The maximum atomic E-state index is 11.9. The highest BCUT2D eigenvalue weighted by Gasteiger charge is 2.05. The number of carbonyl (C=O) groups excluding carboxylic acids is 1. The standard InChI is InChI=1S/C13H11IN2O/c14-10-3-7-12(8-4-10)16-13(17)9-1-5-11(15)6-2-9/h1-8H,15H2,(H,16,17). The van der Waals surface area contributed by atoms with E-state index in [4.69, 9.17) is 5.73 Å². The Hall–Kier alpha value is -1.56. The number of carbonyl (C=O) groups is 1. The van der Waals surface area contributed by atoms with Crippen LogP contribution in [0.25, 0.3) is 0 Å². The minimum Gasteiger partial charge on any atom is -0.399 e. The highest BCUT2D eigenvalue weighted by molar-refractivity contribution is 14.1. The molecule has 2 aromatic rings. The minimum absolute atomic E-state index is 0.133. The normalized spacial score (nSPS) is 9.94. The van der Waals surface area contributed by atoms with Gasteiger partial charge in [-0.15, -0.1) is 0 Å². The van der Waals surface area contributed by atoms with Gasteiger partial charge in [-0.25, -0.2) is 0 Å². The topological polar surface area (TPSA) is 55.1 Å². The first kappa shape index (κ1) is 11.9. The van der Waals surface area contributed by atoms with E-state index in [2.05, 4.69) is 27.9 Å². The Balaban J connectivity index is 2.11. The van der Waals surface area contributed by atoms with E-state index in [9.17, 15) is 4.79 Å². The molecule has 0 saturated carbocycles. The molecule has 0 aliphatic rings. The first-order chi connectivity index (χ1) is 8.15. The Labute approximate surface area is 113 Å². The van der Waals surface area contributed by atoms with Crippen molar-refractivity contribution in [2.45, 2.75) is 0 Å². The van der Waals surface area contributed by atoms with Crippen LogP contribution in [-0.2, 0) is 0 Å². The second-order valence-corrected chi connectivity index (χ2v) is 4.83. The van der Waals surface area contributed by atoms with Crippen LogP contribution in [0.3, 0.4) is 0 Å². The molecule has 4 heteroatoms. The lowest BCUT2D eigenvalue weighted by molar-refractivity contribution is 0.102. The lowest BCUT2D eigenvalue weighted by Crippen LogP contribution is -2.11. The van der Waals surface area contributed by atoms with Crippen molar-refractivity contribution >= 4 is 39.9 Å². The van der Waals surface area contributed by atoms with Crippen molar-refractivity contribution in [1.29, 1.82) is 0 Å². The SMILES string of the molecule is Nc1ccc(C(=O)Nc2ccc(I)cc2)cc1. The van der Waals surface area contributed by atoms with E-state index in [1.54, 1.807) is 24.3 Å². The van der Waals surface area contributed by atoms with E-state index in [-0.39, 0.29) is 5.91 Å². The summed E-state index contributed by atoms with van der Waals surface area (Å²) in [6.07, 6.45) is 0. The third-order valence-corrected chi connectivity index (χ3v) is 2.99. The van der Waals surface area contributed by atoms with Crippen molar-refractivity contribution < 1.29 is 4.79 Å². The summed E-state index contributed by atoms with van der Waals surface area (Å²) in [7, 11) is 0.